The minimum atomic E-state index is -1.07. The second-order valence-corrected chi connectivity index (χ2v) is 5.28. The summed E-state index contributed by atoms with van der Waals surface area (Å²) >= 11 is 0. The molecule has 9 heteroatoms. The Balaban J connectivity index is 2.12. The van der Waals surface area contributed by atoms with Crippen molar-refractivity contribution in [3.63, 3.8) is 0 Å². The summed E-state index contributed by atoms with van der Waals surface area (Å²) < 4.78 is 11.9. The van der Waals surface area contributed by atoms with Crippen LogP contribution in [0.15, 0.2) is 46.8 Å². The van der Waals surface area contributed by atoms with Crippen LogP contribution in [0, 0.1) is 0 Å². The predicted molar refractivity (Wildman–Crippen MR) is 91.9 cm³/mol. The fourth-order valence-corrected chi connectivity index (χ4v) is 2.43. The molecule has 2 heterocycles. The van der Waals surface area contributed by atoms with Crippen LogP contribution < -0.4 is 9.47 Å². The van der Waals surface area contributed by atoms with E-state index in [1.54, 1.807) is 30.5 Å². The number of imidazole rings is 1. The number of carboxylic acids is 1. The molecule has 26 heavy (non-hydrogen) atoms. The number of aromatic hydroxyl groups is 1. The topological polar surface area (TPSA) is 118 Å². The molecule has 0 saturated heterocycles. The van der Waals surface area contributed by atoms with Crippen molar-refractivity contribution in [1.82, 2.24) is 9.38 Å². The zero-order valence-electron chi connectivity index (χ0n) is 14.1. The Labute approximate surface area is 148 Å². The summed E-state index contributed by atoms with van der Waals surface area (Å²) in [5.74, 6) is 0.110. The third-order valence-corrected chi connectivity index (χ3v) is 3.63. The predicted octanol–water partition coefficient (Wildman–Crippen LogP) is 3.10. The number of fused-ring (bicyclic) bond motifs is 1. The van der Waals surface area contributed by atoms with Gasteiger partial charge < -0.3 is 19.7 Å². The first-order valence-corrected chi connectivity index (χ1v) is 7.58. The zero-order valence-corrected chi connectivity index (χ0v) is 14.1. The fourth-order valence-electron chi connectivity index (χ4n) is 2.43. The van der Waals surface area contributed by atoms with Crippen molar-refractivity contribution in [2.75, 3.05) is 14.2 Å². The van der Waals surface area contributed by atoms with E-state index in [4.69, 9.17) is 14.6 Å². The molecule has 0 spiro atoms. The van der Waals surface area contributed by atoms with E-state index in [0.29, 0.717) is 17.2 Å². The summed E-state index contributed by atoms with van der Waals surface area (Å²) in [5.41, 5.74) is 0.795. The lowest BCUT2D eigenvalue weighted by molar-refractivity contribution is -0.136. The number of hydrogen-bond donors (Lipinski definition) is 2. The SMILES string of the molecule is COc1ccc(OC)c(N=Nc2c(CC(=O)O)nc3c(O)cccn23)c1. The standard InChI is InChI=1S/C17H16N4O5/c1-25-10-5-6-14(26-2)11(8-10)19-20-16-12(9-15(23)24)18-17-13(22)4-3-7-21(16)17/h3-8,22H,9H2,1-2H3,(H,23,24). The number of ether oxygens (including phenoxy) is 2. The molecule has 2 aromatic heterocycles. The van der Waals surface area contributed by atoms with Gasteiger partial charge in [0.25, 0.3) is 0 Å². The van der Waals surface area contributed by atoms with E-state index >= 15 is 0 Å². The Kier molecular flexibility index (Phi) is 4.70. The number of pyridine rings is 1. The van der Waals surface area contributed by atoms with Crippen LogP contribution in [0.25, 0.3) is 5.65 Å². The second-order valence-electron chi connectivity index (χ2n) is 5.28. The summed E-state index contributed by atoms with van der Waals surface area (Å²) in [6.07, 6.45) is 1.26. The number of azo groups is 1. The van der Waals surface area contributed by atoms with Crippen molar-refractivity contribution in [1.29, 1.82) is 0 Å². The number of benzene rings is 1. The normalized spacial score (nSPS) is 11.2. The van der Waals surface area contributed by atoms with Crippen LogP contribution in [0.4, 0.5) is 11.5 Å². The lowest BCUT2D eigenvalue weighted by atomic mass is 10.3. The number of rotatable bonds is 6. The van der Waals surface area contributed by atoms with Gasteiger partial charge in [-0.15, -0.1) is 10.2 Å². The molecule has 3 rings (SSSR count). The lowest BCUT2D eigenvalue weighted by Crippen LogP contribution is -2.00. The van der Waals surface area contributed by atoms with E-state index < -0.39 is 5.97 Å². The molecule has 0 amide bonds. The molecule has 0 unspecified atom stereocenters. The van der Waals surface area contributed by atoms with Crippen molar-refractivity contribution < 1.29 is 24.5 Å². The highest BCUT2D eigenvalue weighted by molar-refractivity contribution is 5.73. The Hall–Kier alpha value is -3.62. The van der Waals surface area contributed by atoms with Crippen LogP contribution in [-0.4, -0.2) is 39.8 Å². The van der Waals surface area contributed by atoms with E-state index in [1.165, 1.54) is 24.7 Å². The molecule has 0 radical (unpaired) electrons. The number of aromatic nitrogens is 2. The van der Waals surface area contributed by atoms with Crippen LogP contribution >= 0.6 is 0 Å². The second kappa shape index (κ2) is 7.09. The molecule has 0 aliphatic heterocycles. The molecule has 0 aliphatic carbocycles. The Morgan fingerprint density at radius 3 is 2.73 bits per heavy atom. The molecule has 9 nitrogen and oxygen atoms in total. The number of hydrogen-bond acceptors (Lipinski definition) is 7. The molecular formula is C17H16N4O5. The van der Waals surface area contributed by atoms with Gasteiger partial charge in [0.1, 0.15) is 17.2 Å². The molecule has 0 atom stereocenters. The zero-order chi connectivity index (χ0) is 18.7. The maximum atomic E-state index is 11.1. The highest BCUT2D eigenvalue weighted by atomic mass is 16.5. The summed E-state index contributed by atoms with van der Waals surface area (Å²) in [6, 6.07) is 8.10. The van der Waals surface area contributed by atoms with Crippen molar-refractivity contribution >= 4 is 23.1 Å². The first-order chi connectivity index (χ1) is 12.5. The van der Waals surface area contributed by atoms with Crippen molar-refractivity contribution in [2.45, 2.75) is 6.42 Å². The average molecular weight is 356 g/mol. The number of nitrogens with zero attached hydrogens (tertiary/aromatic N) is 4. The molecule has 2 N–H and O–H groups in total. The lowest BCUT2D eigenvalue weighted by Gasteiger charge is -2.06. The maximum Gasteiger partial charge on any atom is 0.309 e. The van der Waals surface area contributed by atoms with Gasteiger partial charge >= 0.3 is 5.97 Å². The number of methoxy groups -OCH3 is 2. The van der Waals surface area contributed by atoms with Gasteiger partial charge in [0.05, 0.1) is 26.3 Å². The first kappa shape index (κ1) is 17.2. The van der Waals surface area contributed by atoms with Gasteiger partial charge in [0.15, 0.2) is 17.2 Å². The Morgan fingerprint density at radius 2 is 2.04 bits per heavy atom. The van der Waals surface area contributed by atoms with E-state index in [9.17, 15) is 9.90 Å². The van der Waals surface area contributed by atoms with Crippen molar-refractivity contribution in [3.05, 3.63) is 42.2 Å². The molecule has 134 valence electrons. The number of carboxylic acid groups (broad SMARTS) is 1. The van der Waals surface area contributed by atoms with Gasteiger partial charge in [-0.25, -0.2) is 4.98 Å². The van der Waals surface area contributed by atoms with E-state index in [2.05, 4.69) is 15.2 Å². The molecule has 1 aromatic carbocycles. The van der Waals surface area contributed by atoms with Gasteiger partial charge in [-0.05, 0) is 24.3 Å². The third kappa shape index (κ3) is 3.27. The first-order valence-electron chi connectivity index (χ1n) is 7.58. The Morgan fingerprint density at radius 1 is 1.23 bits per heavy atom. The highest BCUT2D eigenvalue weighted by Gasteiger charge is 2.17. The molecule has 0 aliphatic rings. The summed E-state index contributed by atoms with van der Waals surface area (Å²) in [6.45, 7) is 0. The number of aliphatic carboxylic acids is 1. The van der Waals surface area contributed by atoms with E-state index in [0.717, 1.165) is 0 Å². The Bertz CT molecular complexity index is 996. The van der Waals surface area contributed by atoms with Crippen LogP contribution in [0.3, 0.4) is 0 Å². The summed E-state index contributed by atoms with van der Waals surface area (Å²) in [5, 5.41) is 27.4. The summed E-state index contributed by atoms with van der Waals surface area (Å²) in [7, 11) is 3.03. The average Bonchev–Trinajstić information content (AvgIpc) is 2.97. The van der Waals surface area contributed by atoms with Gasteiger partial charge in [-0.2, -0.15) is 0 Å². The van der Waals surface area contributed by atoms with Gasteiger partial charge in [0.2, 0.25) is 0 Å². The summed E-state index contributed by atoms with van der Waals surface area (Å²) in [4.78, 5) is 15.3. The fraction of sp³-hybridized carbons (Fsp3) is 0.176. The molecular weight excluding hydrogens is 340 g/mol. The third-order valence-electron chi connectivity index (χ3n) is 3.63. The van der Waals surface area contributed by atoms with Gasteiger partial charge in [-0.1, -0.05) is 0 Å². The maximum absolute atomic E-state index is 11.1. The van der Waals surface area contributed by atoms with Crippen LogP contribution in [-0.2, 0) is 11.2 Å². The van der Waals surface area contributed by atoms with E-state index in [-0.39, 0.29) is 29.3 Å². The molecule has 0 bridgehead atoms. The highest BCUT2D eigenvalue weighted by Crippen LogP contribution is 2.34. The van der Waals surface area contributed by atoms with Crippen LogP contribution in [0.2, 0.25) is 0 Å². The molecule has 0 fully saturated rings. The van der Waals surface area contributed by atoms with Gasteiger partial charge in [0, 0.05) is 12.3 Å². The van der Waals surface area contributed by atoms with Crippen LogP contribution in [0.5, 0.6) is 17.2 Å². The van der Waals surface area contributed by atoms with Gasteiger partial charge in [-0.3, -0.25) is 9.20 Å². The van der Waals surface area contributed by atoms with Crippen molar-refractivity contribution in [2.24, 2.45) is 10.2 Å². The minimum absolute atomic E-state index is 0.0838. The smallest absolute Gasteiger partial charge is 0.309 e. The van der Waals surface area contributed by atoms with E-state index in [1.807, 2.05) is 0 Å². The number of carbonyl (C=O) groups is 1. The quantitative estimate of drug-likeness (QED) is 0.655. The molecule has 0 saturated carbocycles. The minimum Gasteiger partial charge on any atom is -0.504 e. The largest absolute Gasteiger partial charge is 0.504 e. The van der Waals surface area contributed by atoms with Crippen molar-refractivity contribution in [3.8, 4) is 17.2 Å². The van der Waals surface area contributed by atoms with Crippen LogP contribution in [0.1, 0.15) is 5.69 Å². The molecule has 3 aromatic rings. The monoisotopic (exact) mass is 356 g/mol.